The lowest BCUT2D eigenvalue weighted by molar-refractivity contribution is -0.115. The fourth-order valence-electron chi connectivity index (χ4n) is 4.77. The third kappa shape index (κ3) is 10.1. The van der Waals surface area contributed by atoms with E-state index < -0.39 is 0 Å². The van der Waals surface area contributed by atoms with Crippen LogP contribution in [0.5, 0.6) is 5.75 Å². The van der Waals surface area contributed by atoms with Gasteiger partial charge in [0.25, 0.3) is 0 Å². The molecule has 38 heavy (non-hydrogen) atoms. The first kappa shape index (κ1) is 30.1. The van der Waals surface area contributed by atoms with E-state index in [9.17, 15) is 4.79 Å². The molecule has 2 aromatic carbocycles. The molecule has 0 saturated carbocycles. The van der Waals surface area contributed by atoms with Crippen LogP contribution >= 0.6 is 11.8 Å². The van der Waals surface area contributed by atoms with Gasteiger partial charge in [-0.05, 0) is 59.1 Å². The van der Waals surface area contributed by atoms with E-state index >= 15 is 0 Å². The first-order chi connectivity index (χ1) is 18.3. The monoisotopic (exact) mass is 536 g/mol. The van der Waals surface area contributed by atoms with Crippen molar-refractivity contribution in [2.75, 3.05) is 17.8 Å². The maximum atomic E-state index is 12.9. The molecule has 0 bridgehead atoms. The molecule has 0 fully saturated rings. The van der Waals surface area contributed by atoms with Crippen LogP contribution in [0, 0.1) is 0 Å². The minimum absolute atomic E-state index is 0.00224. The molecule has 0 spiro atoms. The van der Waals surface area contributed by atoms with Gasteiger partial charge >= 0.3 is 0 Å². The minimum atomic E-state index is -0.0597. The molecule has 0 aromatic heterocycles. The Morgan fingerprint density at radius 2 is 1.71 bits per heavy atom. The Hall–Kier alpha value is -2.40. The second-order valence-electron chi connectivity index (χ2n) is 11.6. The Bertz CT molecular complexity index is 1060. The number of amides is 1. The number of anilines is 1. The summed E-state index contributed by atoms with van der Waals surface area (Å²) in [6.07, 6.45) is 10.7. The highest BCUT2D eigenvalue weighted by molar-refractivity contribution is 8.02. The Balaban J connectivity index is 1.51. The molecule has 1 aliphatic heterocycles. The molecular weight excluding hydrogens is 488 g/mol. The summed E-state index contributed by atoms with van der Waals surface area (Å²) in [4.78, 5) is 15.3. The number of ether oxygens (including phenoxy) is 1. The lowest BCUT2D eigenvalue weighted by Crippen LogP contribution is -2.18. The Labute approximate surface area is 235 Å². The summed E-state index contributed by atoms with van der Waals surface area (Å²) < 4.78 is 6.23. The van der Waals surface area contributed by atoms with Gasteiger partial charge in [0.2, 0.25) is 5.91 Å². The first-order valence-electron chi connectivity index (χ1n) is 14.4. The third-order valence-corrected chi connectivity index (χ3v) is 8.01. The van der Waals surface area contributed by atoms with Crippen molar-refractivity contribution in [1.29, 1.82) is 0 Å². The van der Waals surface area contributed by atoms with Gasteiger partial charge in [-0.1, -0.05) is 96.9 Å². The number of allylic oxidation sites excluding steroid dienone is 1. The minimum Gasteiger partial charge on any atom is -0.493 e. The fourth-order valence-corrected chi connectivity index (χ4v) is 5.71. The van der Waals surface area contributed by atoms with Gasteiger partial charge in [-0.2, -0.15) is 0 Å². The molecule has 5 heteroatoms. The van der Waals surface area contributed by atoms with Crippen LogP contribution in [0.2, 0.25) is 0 Å². The van der Waals surface area contributed by atoms with E-state index in [-0.39, 0.29) is 11.3 Å². The van der Waals surface area contributed by atoms with E-state index in [2.05, 4.69) is 74.5 Å². The van der Waals surface area contributed by atoms with E-state index in [0.29, 0.717) is 6.42 Å². The van der Waals surface area contributed by atoms with Gasteiger partial charge in [-0.25, -0.2) is 0 Å². The zero-order valence-corrected chi connectivity index (χ0v) is 25.1. The average Bonchev–Trinajstić information content (AvgIpc) is 3.27. The van der Waals surface area contributed by atoms with Crippen molar-refractivity contribution >= 4 is 23.4 Å². The Morgan fingerprint density at radius 1 is 0.974 bits per heavy atom. The average molecular weight is 537 g/mol. The van der Waals surface area contributed by atoms with Crippen LogP contribution < -0.4 is 10.1 Å². The number of unbranched alkanes of at least 4 members (excludes halogenated alkanes) is 7. The molecule has 208 valence electrons. The number of hydrogen-bond donors (Lipinski definition) is 1. The second-order valence-corrected chi connectivity index (χ2v) is 12.4. The SMILES string of the molecule is CCCCCCCCCCOc1ccc(CC(=O)Nc2cccc(CN3CSC=C3C)c2)cc1C(C)(C)C. The van der Waals surface area contributed by atoms with Gasteiger partial charge in [0.05, 0.1) is 18.9 Å². The van der Waals surface area contributed by atoms with E-state index in [1.165, 1.54) is 56.2 Å². The van der Waals surface area contributed by atoms with Crippen molar-refractivity contribution in [3.05, 3.63) is 70.3 Å². The molecule has 0 unspecified atom stereocenters. The molecule has 4 nitrogen and oxygen atoms in total. The summed E-state index contributed by atoms with van der Waals surface area (Å²) in [6.45, 7) is 12.6. The van der Waals surface area contributed by atoms with Crippen LogP contribution in [0.4, 0.5) is 5.69 Å². The Kier molecular flexibility index (Phi) is 12.1. The van der Waals surface area contributed by atoms with Crippen molar-refractivity contribution in [1.82, 2.24) is 4.90 Å². The van der Waals surface area contributed by atoms with Gasteiger partial charge in [0.1, 0.15) is 5.75 Å². The van der Waals surface area contributed by atoms with Crippen molar-refractivity contribution < 1.29 is 9.53 Å². The molecule has 3 rings (SSSR count). The lowest BCUT2D eigenvalue weighted by atomic mass is 9.85. The molecule has 1 heterocycles. The zero-order chi connectivity index (χ0) is 27.4. The van der Waals surface area contributed by atoms with Crippen LogP contribution in [-0.4, -0.2) is 23.3 Å². The van der Waals surface area contributed by atoms with Gasteiger partial charge in [-0.15, -0.1) is 11.8 Å². The second kappa shape index (κ2) is 15.3. The van der Waals surface area contributed by atoms with Crippen molar-refractivity contribution in [3.8, 4) is 5.75 Å². The van der Waals surface area contributed by atoms with Gasteiger partial charge in [0, 0.05) is 17.9 Å². The molecule has 0 saturated heterocycles. The summed E-state index contributed by atoms with van der Waals surface area (Å²) in [5.74, 6) is 1.93. The highest BCUT2D eigenvalue weighted by atomic mass is 32.2. The summed E-state index contributed by atoms with van der Waals surface area (Å²) in [5.41, 5.74) is 5.46. The molecule has 2 aromatic rings. The maximum absolute atomic E-state index is 12.9. The standard InChI is InChI=1S/C33H48N2O2S/c1-6-7-8-9-10-11-12-13-19-37-31-18-17-27(21-30(31)33(3,4)5)22-32(36)34-29-16-14-15-28(20-29)23-35-25-38-24-26(35)2/h14-18,20-21,24H,6-13,19,22-23,25H2,1-5H3,(H,34,36). The molecule has 0 aliphatic carbocycles. The van der Waals surface area contributed by atoms with E-state index in [1.54, 1.807) is 0 Å². The summed E-state index contributed by atoms with van der Waals surface area (Å²) >= 11 is 1.82. The number of thioether (sulfide) groups is 1. The molecular formula is C33H48N2O2S. The summed E-state index contributed by atoms with van der Waals surface area (Å²) in [5, 5.41) is 5.30. The molecule has 1 aliphatic rings. The number of nitrogens with one attached hydrogen (secondary N) is 1. The fraction of sp³-hybridized carbons (Fsp3) is 0.545. The zero-order valence-electron chi connectivity index (χ0n) is 24.3. The smallest absolute Gasteiger partial charge is 0.228 e. The van der Waals surface area contributed by atoms with Gasteiger partial charge in [-0.3, -0.25) is 4.79 Å². The topological polar surface area (TPSA) is 41.6 Å². The molecule has 1 amide bonds. The van der Waals surface area contributed by atoms with Crippen LogP contribution in [0.15, 0.2) is 53.6 Å². The Morgan fingerprint density at radius 3 is 2.39 bits per heavy atom. The van der Waals surface area contributed by atoms with E-state index in [1.807, 2.05) is 30.0 Å². The third-order valence-electron chi connectivity index (χ3n) is 7.04. The summed E-state index contributed by atoms with van der Waals surface area (Å²) in [7, 11) is 0. The number of benzene rings is 2. The summed E-state index contributed by atoms with van der Waals surface area (Å²) in [6, 6.07) is 14.4. The van der Waals surface area contributed by atoms with Crippen LogP contribution in [0.3, 0.4) is 0 Å². The largest absolute Gasteiger partial charge is 0.493 e. The molecule has 0 radical (unpaired) electrons. The number of nitrogens with zero attached hydrogens (tertiary/aromatic N) is 1. The number of hydrogen-bond acceptors (Lipinski definition) is 4. The highest BCUT2D eigenvalue weighted by Crippen LogP contribution is 2.33. The number of carbonyl (C=O) groups excluding carboxylic acids is 1. The lowest BCUT2D eigenvalue weighted by Gasteiger charge is -2.24. The molecule has 1 N–H and O–H groups in total. The van der Waals surface area contributed by atoms with Gasteiger partial charge < -0.3 is 15.0 Å². The van der Waals surface area contributed by atoms with Gasteiger partial charge in [0.15, 0.2) is 0 Å². The van der Waals surface area contributed by atoms with Crippen molar-refractivity contribution in [2.45, 2.75) is 104 Å². The van der Waals surface area contributed by atoms with E-state index in [4.69, 9.17) is 4.74 Å². The number of rotatable bonds is 15. The maximum Gasteiger partial charge on any atom is 0.228 e. The van der Waals surface area contributed by atoms with Crippen LogP contribution in [0.25, 0.3) is 0 Å². The van der Waals surface area contributed by atoms with Crippen LogP contribution in [0.1, 0.15) is 103 Å². The predicted octanol–water partition coefficient (Wildman–Crippen LogP) is 9.05. The van der Waals surface area contributed by atoms with E-state index in [0.717, 1.165) is 48.0 Å². The normalized spacial score (nSPS) is 13.5. The number of carbonyl (C=O) groups is 1. The first-order valence-corrected chi connectivity index (χ1v) is 15.5. The predicted molar refractivity (Wildman–Crippen MR) is 164 cm³/mol. The molecule has 0 atom stereocenters. The van der Waals surface area contributed by atoms with Crippen molar-refractivity contribution in [2.24, 2.45) is 0 Å². The van der Waals surface area contributed by atoms with Crippen molar-refractivity contribution in [3.63, 3.8) is 0 Å². The van der Waals surface area contributed by atoms with Crippen LogP contribution in [-0.2, 0) is 23.2 Å². The quantitative estimate of drug-likeness (QED) is 0.231. The highest BCUT2D eigenvalue weighted by Gasteiger charge is 2.20.